The fourth-order valence-corrected chi connectivity index (χ4v) is 4.27. The highest BCUT2D eigenvalue weighted by Crippen LogP contribution is 2.17. The van der Waals surface area contributed by atoms with Crippen molar-refractivity contribution in [3.63, 3.8) is 0 Å². The molecule has 10 heteroatoms. The normalized spacial score (nSPS) is 10.8. The van der Waals surface area contributed by atoms with Gasteiger partial charge in [-0.05, 0) is 42.8 Å². The maximum Gasteiger partial charge on any atom is 0.338 e. The van der Waals surface area contributed by atoms with Crippen LogP contribution >= 0.6 is 22.9 Å². The number of anilines is 1. The number of hydrogen-bond donors (Lipinski definition) is 1. The van der Waals surface area contributed by atoms with Crippen LogP contribution in [0, 0.1) is 0 Å². The number of esters is 1. The predicted octanol–water partition coefficient (Wildman–Crippen LogP) is 4.37. The summed E-state index contributed by atoms with van der Waals surface area (Å²) in [5, 5.41) is 8.26. The number of aryl methyl sites for hydroxylation is 1. The Kier molecular flexibility index (Phi) is 6.81. The SMILES string of the molecule is CCCc1nn2c(=O)cc(COC(=O)c3cccc(NC(=O)c4cccc(Cl)c4)c3)nc2s1. The first-order chi connectivity index (χ1) is 15.9. The molecule has 0 aliphatic carbocycles. The van der Waals surface area contributed by atoms with Crippen LogP contribution in [0.25, 0.3) is 4.96 Å². The molecule has 0 aliphatic heterocycles. The minimum absolute atomic E-state index is 0.162. The Morgan fingerprint density at radius 3 is 2.70 bits per heavy atom. The Bertz CT molecular complexity index is 1400. The van der Waals surface area contributed by atoms with Crippen LogP contribution in [0.5, 0.6) is 0 Å². The molecule has 0 fully saturated rings. The maximum absolute atomic E-state index is 12.5. The van der Waals surface area contributed by atoms with Crippen LogP contribution in [0.2, 0.25) is 5.02 Å². The van der Waals surface area contributed by atoms with E-state index in [0.29, 0.717) is 26.9 Å². The first-order valence-electron chi connectivity index (χ1n) is 10.2. The summed E-state index contributed by atoms with van der Waals surface area (Å²) in [6, 6.07) is 14.2. The minimum atomic E-state index is -0.605. The van der Waals surface area contributed by atoms with E-state index >= 15 is 0 Å². The largest absolute Gasteiger partial charge is 0.456 e. The van der Waals surface area contributed by atoms with Gasteiger partial charge in [0.25, 0.3) is 11.5 Å². The second kappa shape index (κ2) is 9.93. The lowest BCUT2D eigenvalue weighted by Crippen LogP contribution is -2.17. The Morgan fingerprint density at radius 2 is 1.91 bits per heavy atom. The quantitative estimate of drug-likeness (QED) is 0.392. The van der Waals surface area contributed by atoms with E-state index in [2.05, 4.69) is 15.4 Å². The molecule has 4 rings (SSSR count). The summed E-state index contributed by atoms with van der Waals surface area (Å²) >= 11 is 7.27. The van der Waals surface area contributed by atoms with Crippen molar-refractivity contribution in [3.8, 4) is 0 Å². The van der Waals surface area contributed by atoms with Crippen LogP contribution in [0.15, 0.2) is 59.4 Å². The van der Waals surface area contributed by atoms with Crippen molar-refractivity contribution in [1.29, 1.82) is 0 Å². The van der Waals surface area contributed by atoms with E-state index in [9.17, 15) is 14.4 Å². The molecule has 2 aromatic carbocycles. The van der Waals surface area contributed by atoms with Crippen molar-refractivity contribution < 1.29 is 14.3 Å². The molecule has 1 amide bonds. The molecule has 2 heterocycles. The Balaban J connectivity index is 1.43. The smallest absolute Gasteiger partial charge is 0.338 e. The van der Waals surface area contributed by atoms with E-state index in [4.69, 9.17) is 16.3 Å². The zero-order chi connectivity index (χ0) is 23.4. The molecule has 0 aliphatic rings. The van der Waals surface area contributed by atoms with Gasteiger partial charge in [-0.15, -0.1) is 0 Å². The van der Waals surface area contributed by atoms with Gasteiger partial charge in [0.05, 0.1) is 11.3 Å². The second-order valence-electron chi connectivity index (χ2n) is 7.15. The van der Waals surface area contributed by atoms with Crippen molar-refractivity contribution in [1.82, 2.24) is 14.6 Å². The standard InChI is InChI=1S/C23H19ClN4O4S/c1-2-5-19-27-28-20(29)12-18(26-23(28)33-19)13-32-22(31)15-7-4-9-17(11-15)25-21(30)14-6-3-8-16(24)10-14/h3-4,6-12H,2,5,13H2,1H3,(H,25,30). The van der Waals surface area contributed by atoms with E-state index in [1.165, 1.54) is 28.0 Å². The van der Waals surface area contributed by atoms with Crippen molar-refractivity contribution in [2.75, 3.05) is 5.32 Å². The highest BCUT2D eigenvalue weighted by Gasteiger charge is 2.13. The first kappa shape index (κ1) is 22.6. The van der Waals surface area contributed by atoms with Crippen LogP contribution in [0.3, 0.4) is 0 Å². The van der Waals surface area contributed by atoms with Crippen molar-refractivity contribution in [3.05, 3.63) is 91.8 Å². The number of nitrogens with zero attached hydrogens (tertiary/aromatic N) is 3. The predicted molar refractivity (Wildman–Crippen MR) is 126 cm³/mol. The van der Waals surface area contributed by atoms with Crippen molar-refractivity contribution >= 4 is 45.5 Å². The van der Waals surface area contributed by atoms with Crippen LogP contribution in [-0.2, 0) is 17.8 Å². The number of fused-ring (bicyclic) bond motifs is 1. The fraction of sp³-hybridized carbons (Fsp3) is 0.174. The average molecular weight is 483 g/mol. The summed E-state index contributed by atoms with van der Waals surface area (Å²) in [6.45, 7) is 1.87. The van der Waals surface area contributed by atoms with E-state index in [-0.39, 0.29) is 23.6 Å². The van der Waals surface area contributed by atoms with Gasteiger partial charge >= 0.3 is 5.97 Å². The lowest BCUT2D eigenvalue weighted by molar-refractivity contribution is 0.0467. The molecule has 168 valence electrons. The molecule has 2 aromatic heterocycles. The van der Waals surface area contributed by atoms with Gasteiger partial charge in [0, 0.05) is 28.8 Å². The minimum Gasteiger partial charge on any atom is -0.456 e. The van der Waals surface area contributed by atoms with Crippen LogP contribution in [0.4, 0.5) is 5.69 Å². The third-order valence-corrected chi connectivity index (χ3v) is 5.80. The molecule has 8 nitrogen and oxygen atoms in total. The molecule has 0 atom stereocenters. The number of nitrogens with one attached hydrogen (secondary N) is 1. The third kappa shape index (κ3) is 5.44. The lowest BCUT2D eigenvalue weighted by Gasteiger charge is -2.08. The molecular formula is C23H19ClN4O4S. The van der Waals surface area contributed by atoms with Gasteiger partial charge in [0.2, 0.25) is 4.96 Å². The Hall–Kier alpha value is -3.56. The summed E-state index contributed by atoms with van der Waals surface area (Å²) in [7, 11) is 0. The topological polar surface area (TPSA) is 103 Å². The number of carbonyl (C=O) groups is 2. The highest BCUT2D eigenvalue weighted by atomic mass is 35.5. The molecule has 0 saturated heterocycles. The zero-order valence-corrected chi connectivity index (χ0v) is 19.2. The summed E-state index contributed by atoms with van der Waals surface area (Å²) < 4.78 is 6.59. The molecule has 0 unspecified atom stereocenters. The monoisotopic (exact) mass is 482 g/mol. The molecule has 0 bridgehead atoms. The third-order valence-electron chi connectivity index (χ3n) is 4.60. The summed E-state index contributed by atoms with van der Waals surface area (Å²) in [6.07, 6.45) is 1.68. The van der Waals surface area contributed by atoms with Crippen LogP contribution in [-0.4, -0.2) is 26.5 Å². The number of aromatic nitrogens is 3. The number of ether oxygens (including phenoxy) is 1. The second-order valence-corrected chi connectivity index (χ2v) is 8.62. The Morgan fingerprint density at radius 1 is 1.12 bits per heavy atom. The lowest BCUT2D eigenvalue weighted by atomic mass is 10.1. The zero-order valence-electron chi connectivity index (χ0n) is 17.6. The van der Waals surface area contributed by atoms with Gasteiger partial charge in [-0.3, -0.25) is 9.59 Å². The van der Waals surface area contributed by atoms with E-state index < -0.39 is 5.97 Å². The molecule has 4 aromatic rings. The fourth-order valence-electron chi connectivity index (χ4n) is 3.06. The molecular weight excluding hydrogens is 464 g/mol. The van der Waals surface area contributed by atoms with E-state index in [1.54, 1.807) is 42.5 Å². The van der Waals surface area contributed by atoms with Gasteiger partial charge in [0.15, 0.2) is 0 Å². The van der Waals surface area contributed by atoms with Gasteiger partial charge in [0.1, 0.15) is 11.6 Å². The number of carbonyl (C=O) groups excluding carboxylic acids is 2. The summed E-state index contributed by atoms with van der Waals surface area (Å²) in [5.74, 6) is -0.958. The van der Waals surface area contributed by atoms with Gasteiger partial charge in [-0.1, -0.05) is 42.0 Å². The number of halogens is 1. The maximum atomic E-state index is 12.5. The van der Waals surface area contributed by atoms with E-state index in [0.717, 1.165) is 17.8 Å². The molecule has 0 spiro atoms. The number of amides is 1. The molecule has 0 saturated carbocycles. The van der Waals surface area contributed by atoms with Crippen LogP contribution in [0.1, 0.15) is 44.8 Å². The number of benzene rings is 2. The highest BCUT2D eigenvalue weighted by molar-refractivity contribution is 7.16. The van der Waals surface area contributed by atoms with E-state index in [1.807, 2.05) is 6.92 Å². The van der Waals surface area contributed by atoms with Gasteiger partial charge < -0.3 is 10.1 Å². The number of hydrogen-bond acceptors (Lipinski definition) is 7. The van der Waals surface area contributed by atoms with Crippen LogP contribution < -0.4 is 10.9 Å². The first-order valence-corrected chi connectivity index (χ1v) is 11.3. The summed E-state index contributed by atoms with van der Waals surface area (Å²) in [5.41, 5.74) is 1.09. The van der Waals surface area contributed by atoms with Gasteiger partial charge in [-0.2, -0.15) is 9.61 Å². The van der Waals surface area contributed by atoms with Crippen molar-refractivity contribution in [2.45, 2.75) is 26.4 Å². The van der Waals surface area contributed by atoms with Gasteiger partial charge in [-0.25, -0.2) is 9.78 Å². The Labute approximate surface area is 197 Å². The summed E-state index contributed by atoms with van der Waals surface area (Å²) in [4.78, 5) is 42.1. The average Bonchev–Trinajstić information content (AvgIpc) is 3.21. The molecule has 1 N–H and O–H groups in total. The molecule has 33 heavy (non-hydrogen) atoms. The number of rotatable bonds is 7. The molecule has 0 radical (unpaired) electrons. The van der Waals surface area contributed by atoms with Crippen molar-refractivity contribution in [2.24, 2.45) is 0 Å².